The number of aliphatic imine (C=N–C) groups is 1. The fourth-order valence-corrected chi connectivity index (χ4v) is 3.82. The van der Waals surface area contributed by atoms with Crippen LogP contribution in [0.15, 0.2) is 35.5 Å². The molecule has 1 atom stereocenters. The van der Waals surface area contributed by atoms with Gasteiger partial charge in [0.05, 0.1) is 25.8 Å². The van der Waals surface area contributed by atoms with E-state index in [1.807, 2.05) is 17.5 Å². The Morgan fingerprint density at radius 1 is 1.32 bits per heavy atom. The van der Waals surface area contributed by atoms with Crippen molar-refractivity contribution in [1.29, 1.82) is 0 Å². The molecule has 0 aliphatic carbocycles. The quantitative estimate of drug-likeness (QED) is 0.350. The topological polar surface area (TPSA) is 61.8 Å². The number of nitrogens with one attached hydrogen (secondary N) is 2. The number of guanidine groups is 1. The summed E-state index contributed by atoms with van der Waals surface area (Å²) in [4.78, 5) is 14.2. The molecular formula is C20H30IN5OS. The maximum absolute atomic E-state index is 5.60. The van der Waals surface area contributed by atoms with Gasteiger partial charge in [-0.05, 0) is 44.5 Å². The van der Waals surface area contributed by atoms with Crippen LogP contribution in [-0.2, 0) is 17.8 Å². The Hall–Kier alpha value is -1.39. The van der Waals surface area contributed by atoms with Gasteiger partial charge in [-0.1, -0.05) is 6.07 Å². The van der Waals surface area contributed by atoms with E-state index < -0.39 is 0 Å². The van der Waals surface area contributed by atoms with Gasteiger partial charge in [-0.25, -0.2) is 9.98 Å². The number of anilines is 1. The number of morpholine rings is 1. The van der Waals surface area contributed by atoms with E-state index in [-0.39, 0.29) is 30.1 Å². The molecule has 1 fully saturated rings. The summed E-state index contributed by atoms with van der Waals surface area (Å²) in [5, 5.41) is 6.69. The van der Waals surface area contributed by atoms with Crippen LogP contribution < -0.4 is 15.5 Å². The van der Waals surface area contributed by atoms with E-state index in [4.69, 9.17) is 4.74 Å². The highest BCUT2D eigenvalue weighted by Gasteiger charge is 2.17. The summed E-state index contributed by atoms with van der Waals surface area (Å²) in [6, 6.07) is 8.50. The molecule has 2 aromatic heterocycles. The lowest BCUT2D eigenvalue weighted by molar-refractivity contribution is 0.0529. The van der Waals surface area contributed by atoms with E-state index in [2.05, 4.69) is 70.5 Å². The van der Waals surface area contributed by atoms with Crippen molar-refractivity contribution < 1.29 is 4.74 Å². The second-order valence-corrected chi connectivity index (χ2v) is 8.09. The maximum atomic E-state index is 5.60. The molecule has 0 spiro atoms. The number of halogens is 1. The Morgan fingerprint density at radius 2 is 2.18 bits per heavy atom. The molecule has 0 bridgehead atoms. The summed E-state index contributed by atoms with van der Waals surface area (Å²) in [6.45, 7) is 11.1. The number of nitrogens with zero attached hydrogens (tertiary/aromatic N) is 3. The summed E-state index contributed by atoms with van der Waals surface area (Å²) in [5.41, 5.74) is 1.10. The summed E-state index contributed by atoms with van der Waals surface area (Å²) < 4.78 is 5.60. The molecule has 28 heavy (non-hydrogen) atoms. The van der Waals surface area contributed by atoms with E-state index in [9.17, 15) is 0 Å². The van der Waals surface area contributed by atoms with Crippen LogP contribution in [-0.4, -0.2) is 43.3 Å². The third-order valence-electron chi connectivity index (χ3n) is 4.36. The molecular weight excluding hydrogens is 485 g/mol. The smallest absolute Gasteiger partial charge is 0.191 e. The standard InChI is InChI=1S/C20H29N5OS.HI/c1-4-21-20(24-13-18-7-5-16(3)27-18)23-12-17-6-8-19(22-11-17)25-9-10-26-15(2)14-25;/h5-8,11,15H,4,9-10,12-14H2,1-3H3,(H2,21,23,24);1H. The van der Waals surface area contributed by atoms with Crippen molar-refractivity contribution in [2.24, 2.45) is 4.99 Å². The molecule has 3 heterocycles. The minimum atomic E-state index is 0. The minimum absolute atomic E-state index is 0. The van der Waals surface area contributed by atoms with Gasteiger partial charge in [0.1, 0.15) is 5.82 Å². The van der Waals surface area contributed by atoms with E-state index in [1.54, 1.807) is 0 Å². The van der Waals surface area contributed by atoms with Gasteiger partial charge in [-0.3, -0.25) is 0 Å². The van der Waals surface area contributed by atoms with Crippen molar-refractivity contribution in [3.05, 3.63) is 45.8 Å². The summed E-state index contributed by atoms with van der Waals surface area (Å²) in [5.74, 6) is 1.84. The first-order chi connectivity index (χ1) is 13.1. The molecule has 3 rings (SSSR count). The molecule has 1 aliphatic heterocycles. The average molecular weight is 515 g/mol. The molecule has 0 radical (unpaired) electrons. The van der Waals surface area contributed by atoms with E-state index >= 15 is 0 Å². The lowest BCUT2D eigenvalue weighted by atomic mass is 10.2. The molecule has 1 aliphatic rings. The van der Waals surface area contributed by atoms with Gasteiger partial charge in [0, 0.05) is 35.6 Å². The number of pyridine rings is 1. The molecule has 2 aromatic rings. The molecule has 0 amide bonds. The van der Waals surface area contributed by atoms with Crippen LogP contribution in [0.25, 0.3) is 0 Å². The molecule has 8 heteroatoms. The van der Waals surface area contributed by atoms with Crippen molar-refractivity contribution >= 4 is 47.1 Å². The van der Waals surface area contributed by atoms with E-state index in [0.717, 1.165) is 50.1 Å². The van der Waals surface area contributed by atoms with Crippen LogP contribution in [0.3, 0.4) is 0 Å². The van der Waals surface area contributed by atoms with Crippen LogP contribution >= 0.6 is 35.3 Å². The SMILES string of the molecule is CCNC(=NCc1ccc(N2CCOC(C)C2)nc1)NCc1ccc(C)s1.I. The highest BCUT2D eigenvalue weighted by Crippen LogP contribution is 2.16. The first-order valence-corrected chi connectivity index (χ1v) is 10.3. The number of thiophene rings is 1. The van der Waals surface area contributed by atoms with E-state index in [1.165, 1.54) is 9.75 Å². The summed E-state index contributed by atoms with van der Waals surface area (Å²) >= 11 is 1.81. The zero-order valence-electron chi connectivity index (χ0n) is 16.8. The van der Waals surface area contributed by atoms with Crippen molar-refractivity contribution in [2.45, 2.75) is 40.0 Å². The summed E-state index contributed by atoms with van der Waals surface area (Å²) in [7, 11) is 0. The van der Waals surface area contributed by atoms with Gasteiger partial charge in [0.25, 0.3) is 0 Å². The molecule has 0 saturated carbocycles. The number of rotatable bonds is 6. The number of ether oxygens (including phenoxy) is 1. The fourth-order valence-electron chi connectivity index (χ4n) is 2.99. The second-order valence-electron chi connectivity index (χ2n) is 6.71. The van der Waals surface area contributed by atoms with Gasteiger partial charge < -0.3 is 20.3 Å². The number of aromatic nitrogens is 1. The van der Waals surface area contributed by atoms with Crippen LogP contribution in [0.5, 0.6) is 0 Å². The number of hydrogen-bond donors (Lipinski definition) is 2. The lowest BCUT2D eigenvalue weighted by Gasteiger charge is -2.32. The fraction of sp³-hybridized carbons (Fsp3) is 0.500. The molecule has 0 aromatic carbocycles. The Morgan fingerprint density at radius 3 is 2.82 bits per heavy atom. The van der Waals surface area contributed by atoms with Gasteiger partial charge in [0.2, 0.25) is 0 Å². The largest absolute Gasteiger partial charge is 0.375 e. The van der Waals surface area contributed by atoms with Gasteiger partial charge >= 0.3 is 0 Å². The molecule has 6 nitrogen and oxygen atoms in total. The van der Waals surface area contributed by atoms with Gasteiger partial charge in [-0.15, -0.1) is 35.3 Å². The predicted octanol–water partition coefficient (Wildman–Crippen LogP) is 3.55. The first kappa shape index (κ1) is 22.9. The van der Waals surface area contributed by atoms with Gasteiger partial charge in [0.15, 0.2) is 5.96 Å². The Balaban J connectivity index is 0.00000280. The van der Waals surface area contributed by atoms with Crippen molar-refractivity contribution in [3.8, 4) is 0 Å². The molecule has 2 N–H and O–H groups in total. The van der Waals surface area contributed by atoms with Gasteiger partial charge in [-0.2, -0.15) is 0 Å². The zero-order chi connectivity index (χ0) is 19.1. The Labute approximate surface area is 188 Å². The van der Waals surface area contributed by atoms with E-state index in [0.29, 0.717) is 6.54 Å². The monoisotopic (exact) mass is 515 g/mol. The zero-order valence-corrected chi connectivity index (χ0v) is 19.9. The van der Waals surface area contributed by atoms with Crippen molar-refractivity contribution in [1.82, 2.24) is 15.6 Å². The molecule has 1 saturated heterocycles. The van der Waals surface area contributed by atoms with Crippen LogP contribution in [0, 0.1) is 6.92 Å². The van der Waals surface area contributed by atoms with Crippen LogP contribution in [0.1, 0.15) is 29.2 Å². The predicted molar refractivity (Wildman–Crippen MR) is 128 cm³/mol. The highest BCUT2D eigenvalue weighted by atomic mass is 127. The Kier molecular flexibility index (Phi) is 9.46. The molecule has 154 valence electrons. The lowest BCUT2D eigenvalue weighted by Crippen LogP contribution is -2.41. The third-order valence-corrected chi connectivity index (χ3v) is 5.36. The minimum Gasteiger partial charge on any atom is -0.375 e. The van der Waals surface area contributed by atoms with Crippen LogP contribution in [0.2, 0.25) is 0 Å². The first-order valence-electron chi connectivity index (χ1n) is 9.53. The van der Waals surface area contributed by atoms with Crippen molar-refractivity contribution in [2.75, 3.05) is 31.1 Å². The number of aryl methyl sites for hydroxylation is 1. The maximum Gasteiger partial charge on any atom is 0.191 e. The molecule has 1 unspecified atom stereocenters. The normalized spacial score (nSPS) is 17.2. The second kappa shape index (κ2) is 11.6. The summed E-state index contributed by atoms with van der Waals surface area (Å²) in [6.07, 6.45) is 2.18. The third kappa shape index (κ3) is 6.89. The van der Waals surface area contributed by atoms with Crippen molar-refractivity contribution in [3.63, 3.8) is 0 Å². The average Bonchev–Trinajstić information content (AvgIpc) is 3.10. The highest BCUT2D eigenvalue weighted by molar-refractivity contribution is 14.0. The van der Waals surface area contributed by atoms with Crippen LogP contribution in [0.4, 0.5) is 5.82 Å². The number of hydrogen-bond acceptors (Lipinski definition) is 5. The Bertz CT molecular complexity index is 749.